The van der Waals surface area contributed by atoms with Gasteiger partial charge in [-0.1, -0.05) is 18.2 Å². The van der Waals surface area contributed by atoms with Crippen molar-refractivity contribution in [3.63, 3.8) is 0 Å². The van der Waals surface area contributed by atoms with Gasteiger partial charge in [-0.15, -0.1) is 11.3 Å². The lowest BCUT2D eigenvalue weighted by Gasteiger charge is -2.21. The highest BCUT2D eigenvalue weighted by molar-refractivity contribution is 7.09. The van der Waals surface area contributed by atoms with Gasteiger partial charge in [0.15, 0.2) is 5.96 Å². The molecule has 1 amide bonds. The van der Waals surface area contributed by atoms with Gasteiger partial charge in [-0.05, 0) is 44.2 Å². The van der Waals surface area contributed by atoms with Crippen molar-refractivity contribution in [2.45, 2.75) is 39.3 Å². The number of nitro benzene ring substituents is 1. The van der Waals surface area contributed by atoms with Gasteiger partial charge in [-0.25, -0.2) is 4.99 Å². The zero-order valence-electron chi connectivity index (χ0n) is 16.9. The molecule has 0 bridgehead atoms. The molecule has 0 fully saturated rings. The number of carbonyl (C=O) groups is 1. The predicted octanol–water partition coefficient (Wildman–Crippen LogP) is 2.85. The van der Waals surface area contributed by atoms with E-state index in [0.29, 0.717) is 19.0 Å². The summed E-state index contributed by atoms with van der Waals surface area (Å²) in [6, 6.07) is 10.4. The number of aliphatic imine (C=N–C) groups is 1. The van der Waals surface area contributed by atoms with E-state index in [9.17, 15) is 14.9 Å². The van der Waals surface area contributed by atoms with Crippen LogP contribution in [0.4, 0.5) is 5.69 Å². The number of non-ortho nitro benzene ring substituents is 1. The number of guanidine groups is 1. The maximum atomic E-state index is 12.1. The molecule has 0 atom stereocenters. The van der Waals surface area contributed by atoms with Crippen LogP contribution < -0.4 is 16.0 Å². The number of carbonyl (C=O) groups excluding carboxylic acids is 1. The Labute approximate surface area is 174 Å². The molecule has 0 spiro atoms. The summed E-state index contributed by atoms with van der Waals surface area (Å²) in [4.78, 5) is 28.2. The SMILES string of the molecule is CC(C)(C)NC(=O)CNC(=NCc1ccc([N+](=O)[O-])cc1)NCCc1cccs1. The molecule has 0 aliphatic carbocycles. The summed E-state index contributed by atoms with van der Waals surface area (Å²) in [5.74, 6) is 0.393. The molecular formula is C20H27N5O3S. The minimum Gasteiger partial charge on any atom is -0.356 e. The van der Waals surface area contributed by atoms with E-state index in [4.69, 9.17) is 0 Å². The molecule has 8 nitrogen and oxygen atoms in total. The Morgan fingerprint density at radius 3 is 2.48 bits per heavy atom. The second-order valence-electron chi connectivity index (χ2n) is 7.50. The van der Waals surface area contributed by atoms with Crippen LogP contribution in [0.25, 0.3) is 0 Å². The summed E-state index contributed by atoms with van der Waals surface area (Å²) in [5, 5.41) is 22.0. The van der Waals surface area contributed by atoms with E-state index < -0.39 is 4.92 Å². The Kier molecular flexibility index (Phi) is 8.14. The highest BCUT2D eigenvalue weighted by Crippen LogP contribution is 2.12. The molecule has 29 heavy (non-hydrogen) atoms. The molecule has 0 aliphatic rings. The van der Waals surface area contributed by atoms with Crippen LogP contribution in [-0.4, -0.2) is 35.4 Å². The lowest BCUT2D eigenvalue weighted by molar-refractivity contribution is -0.384. The highest BCUT2D eigenvalue weighted by Gasteiger charge is 2.13. The molecule has 0 saturated carbocycles. The van der Waals surface area contributed by atoms with Crippen LogP contribution in [0, 0.1) is 10.1 Å². The van der Waals surface area contributed by atoms with Crippen molar-refractivity contribution in [2.75, 3.05) is 13.1 Å². The van der Waals surface area contributed by atoms with Crippen molar-refractivity contribution in [3.05, 3.63) is 62.3 Å². The normalized spacial score (nSPS) is 11.8. The number of nitrogens with one attached hydrogen (secondary N) is 3. The highest BCUT2D eigenvalue weighted by atomic mass is 32.1. The van der Waals surface area contributed by atoms with E-state index in [1.807, 2.05) is 32.2 Å². The molecule has 0 radical (unpaired) electrons. The molecule has 2 rings (SSSR count). The summed E-state index contributed by atoms with van der Waals surface area (Å²) in [6.07, 6.45) is 0.851. The Morgan fingerprint density at radius 2 is 1.90 bits per heavy atom. The van der Waals surface area contributed by atoms with Crippen molar-refractivity contribution in [1.82, 2.24) is 16.0 Å². The van der Waals surface area contributed by atoms with Gasteiger partial charge in [0.1, 0.15) is 0 Å². The summed E-state index contributed by atoms with van der Waals surface area (Å²) < 4.78 is 0. The smallest absolute Gasteiger partial charge is 0.269 e. The minimum absolute atomic E-state index is 0.0454. The molecule has 0 aliphatic heterocycles. The van der Waals surface area contributed by atoms with Gasteiger partial charge >= 0.3 is 0 Å². The maximum Gasteiger partial charge on any atom is 0.269 e. The van der Waals surface area contributed by atoms with Gasteiger partial charge in [-0.3, -0.25) is 14.9 Å². The first kappa shape index (κ1) is 22.4. The predicted molar refractivity (Wildman–Crippen MR) is 116 cm³/mol. The fourth-order valence-electron chi connectivity index (χ4n) is 2.45. The zero-order chi connectivity index (χ0) is 21.3. The number of hydrogen-bond donors (Lipinski definition) is 3. The topological polar surface area (TPSA) is 109 Å². The van der Waals surface area contributed by atoms with Gasteiger partial charge in [0.05, 0.1) is 18.0 Å². The van der Waals surface area contributed by atoms with E-state index in [0.717, 1.165) is 12.0 Å². The number of thiophene rings is 1. The number of hydrogen-bond acceptors (Lipinski definition) is 5. The van der Waals surface area contributed by atoms with Gasteiger partial charge in [0.25, 0.3) is 5.69 Å². The van der Waals surface area contributed by atoms with Crippen LogP contribution >= 0.6 is 11.3 Å². The van der Waals surface area contributed by atoms with E-state index in [2.05, 4.69) is 27.0 Å². The van der Waals surface area contributed by atoms with E-state index in [-0.39, 0.29) is 23.7 Å². The molecule has 1 aromatic carbocycles. The van der Waals surface area contributed by atoms with Crippen LogP contribution in [0.5, 0.6) is 0 Å². The Morgan fingerprint density at radius 1 is 1.17 bits per heavy atom. The van der Waals surface area contributed by atoms with Crippen molar-refractivity contribution < 1.29 is 9.72 Å². The van der Waals surface area contributed by atoms with Crippen LogP contribution in [0.1, 0.15) is 31.2 Å². The Balaban J connectivity index is 1.96. The van der Waals surface area contributed by atoms with Crippen molar-refractivity contribution >= 4 is 28.9 Å². The van der Waals surface area contributed by atoms with Crippen molar-refractivity contribution in [2.24, 2.45) is 4.99 Å². The zero-order valence-corrected chi connectivity index (χ0v) is 17.7. The first-order chi connectivity index (χ1) is 13.7. The molecule has 9 heteroatoms. The molecule has 0 saturated heterocycles. The Hall–Kier alpha value is -2.94. The number of nitro groups is 1. The van der Waals surface area contributed by atoms with Crippen LogP contribution in [0.15, 0.2) is 46.8 Å². The van der Waals surface area contributed by atoms with Crippen LogP contribution in [0.2, 0.25) is 0 Å². The largest absolute Gasteiger partial charge is 0.356 e. The molecular weight excluding hydrogens is 390 g/mol. The summed E-state index contributed by atoms with van der Waals surface area (Å²) in [7, 11) is 0. The number of nitrogens with zero attached hydrogens (tertiary/aromatic N) is 2. The molecule has 156 valence electrons. The molecule has 0 unspecified atom stereocenters. The number of amides is 1. The van der Waals surface area contributed by atoms with E-state index in [1.54, 1.807) is 23.5 Å². The second kappa shape index (κ2) is 10.6. The summed E-state index contributed by atoms with van der Waals surface area (Å²) >= 11 is 1.69. The molecule has 1 aromatic heterocycles. The third kappa shape index (κ3) is 8.73. The number of benzene rings is 1. The average Bonchev–Trinajstić information content (AvgIpc) is 3.16. The van der Waals surface area contributed by atoms with E-state index in [1.165, 1.54) is 17.0 Å². The fraction of sp³-hybridized carbons (Fsp3) is 0.400. The van der Waals surface area contributed by atoms with Crippen molar-refractivity contribution in [3.8, 4) is 0 Å². The average molecular weight is 418 g/mol. The van der Waals surface area contributed by atoms with Crippen LogP contribution in [0.3, 0.4) is 0 Å². The second-order valence-corrected chi connectivity index (χ2v) is 8.53. The maximum absolute atomic E-state index is 12.1. The molecule has 3 N–H and O–H groups in total. The standard InChI is InChI=1S/C20H27N5O3S/c1-20(2,3)24-18(26)14-23-19(21-11-10-17-5-4-12-29-17)22-13-15-6-8-16(9-7-15)25(27)28/h4-9,12H,10-11,13-14H2,1-3H3,(H,24,26)(H2,21,22,23). The molecule has 1 heterocycles. The number of rotatable bonds is 8. The first-order valence-corrected chi connectivity index (χ1v) is 10.2. The lowest BCUT2D eigenvalue weighted by Crippen LogP contribution is -2.48. The third-order valence-corrected chi connectivity index (χ3v) is 4.68. The lowest BCUT2D eigenvalue weighted by atomic mass is 10.1. The van der Waals surface area contributed by atoms with Gasteiger partial charge in [-0.2, -0.15) is 0 Å². The molecule has 2 aromatic rings. The minimum atomic E-state index is -0.431. The van der Waals surface area contributed by atoms with Gasteiger partial charge in [0, 0.05) is 29.1 Å². The van der Waals surface area contributed by atoms with Crippen molar-refractivity contribution in [1.29, 1.82) is 0 Å². The monoisotopic (exact) mass is 417 g/mol. The summed E-state index contributed by atoms with van der Waals surface area (Å²) in [5.41, 5.74) is 0.583. The van der Waals surface area contributed by atoms with E-state index >= 15 is 0 Å². The fourth-order valence-corrected chi connectivity index (χ4v) is 3.16. The summed E-state index contributed by atoms with van der Waals surface area (Å²) in [6.45, 7) is 6.89. The third-order valence-electron chi connectivity index (χ3n) is 3.74. The first-order valence-electron chi connectivity index (χ1n) is 9.32. The Bertz CT molecular complexity index is 827. The van der Waals surface area contributed by atoms with Crippen LogP contribution in [-0.2, 0) is 17.8 Å². The van der Waals surface area contributed by atoms with Gasteiger partial charge < -0.3 is 16.0 Å². The quantitative estimate of drug-likeness (QED) is 0.265. The van der Waals surface area contributed by atoms with Gasteiger partial charge in [0.2, 0.25) is 5.91 Å².